The Morgan fingerprint density at radius 2 is 1.56 bits per heavy atom. The van der Waals surface area contributed by atoms with Gasteiger partial charge in [0.1, 0.15) is 10.4 Å². The van der Waals surface area contributed by atoms with Crippen LogP contribution in [0.25, 0.3) is 0 Å². The van der Waals surface area contributed by atoms with Gasteiger partial charge in [-0.1, -0.05) is 25.5 Å². The molecule has 1 amide bonds. The summed E-state index contributed by atoms with van der Waals surface area (Å²) in [5, 5.41) is 20.3. The Morgan fingerprint density at radius 3 is 2.00 bits per heavy atom. The summed E-state index contributed by atoms with van der Waals surface area (Å²) in [7, 11) is -9.95. The summed E-state index contributed by atoms with van der Waals surface area (Å²) in [4.78, 5) is 10.1. The van der Waals surface area contributed by atoms with Crippen LogP contribution in [0.15, 0.2) is 47.4 Å². The first-order valence-corrected chi connectivity index (χ1v) is 10.4. The molecule has 172 valence electrons. The van der Waals surface area contributed by atoms with Crippen molar-refractivity contribution in [3.05, 3.63) is 64.7 Å². The Morgan fingerprint density at radius 1 is 1.00 bits per heavy atom. The number of benzene rings is 2. The predicted octanol–water partition coefficient (Wildman–Crippen LogP) is 6.49. The van der Waals surface area contributed by atoms with Crippen LogP contribution in [-0.4, -0.2) is 11.4 Å². The van der Waals surface area contributed by atoms with Crippen LogP contribution in [0.2, 0.25) is 0 Å². The van der Waals surface area contributed by atoms with Gasteiger partial charge in [-0.15, -0.1) is 0 Å². The molecule has 1 N–H and O–H groups in total. The smallest absolute Gasteiger partial charge is 0.334 e. The number of nitriles is 2. The van der Waals surface area contributed by atoms with Gasteiger partial charge in [0.2, 0.25) is 0 Å². The van der Waals surface area contributed by atoms with E-state index in [0.717, 1.165) is 19.1 Å². The second-order valence-corrected chi connectivity index (χ2v) is 9.46. The monoisotopic (exact) mass is 483 g/mol. The first kappa shape index (κ1) is 24.9. The molecular weight excluding hydrogens is 470 g/mol. The first-order valence-electron chi connectivity index (χ1n) is 8.46. The minimum atomic E-state index is -9.95. The average Bonchev–Trinajstić information content (AvgIpc) is 2.65. The highest BCUT2D eigenvalue weighted by atomic mass is 32.5. The molecule has 0 aliphatic carbocycles. The quantitative estimate of drug-likeness (QED) is 0.494. The molecule has 4 nitrogen and oxygen atoms in total. The minimum Gasteiger partial charge on any atom is -0.334 e. The Bertz CT molecular complexity index is 1150. The summed E-state index contributed by atoms with van der Waals surface area (Å²) in [6.07, 6.45) is -5.54. The van der Waals surface area contributed by atoms with Crippen LogP contribution in [-0.2, 0) is 12.6 Å². The summed E-state index contributed by atoms with van der Waals surface area (Å²) >= 11 is 0. The van der Waals surface area contributed by atoms with E-state index >= 15 is 0 Å². The van der Waals surface area contributed by atoms with Gasteiger partial charge >= 0.3 is 16.4 Å². The zero-order valence-electron chi connectivity index (χ0n) is 16.0. The van der Waals surface area contributed by atoms with Crippen LogP contribution in [0.5, 0.6) is 0 Å². The van der Waals surface area contributed by atoms with E-state index in [1.165, 1.54) is 0 Å². The number of hydrogen-bond donors (Lipinski definition) is 1. The molecular formula is C19H13F8N3OS. The standard InChI is InChI=1S/C19H13F8N3OS/c1-18(11-29,9-14-3-2-12(10-28)8-16(14)19(20,21)22)30-17(31)13-4-6-15(7-5-13)32(23,24,25,26)27/h2-8H,9H2,1H3,(H,30,31). The molecule has 32 heavy (non-hydrogen) atoms. The summed E-state index contributed by atoms with van der Waals surface area (Å²) < 4.78 is 104. The second kappa shape index (κ2) is 7.10. The summed E-state index contributed by atoms with van der Waals surface area (Å²) in [5.74, 6) is -1.16. The number of rotatable bonds is 5. The maximum atomic E-state index is 13.3. The molecule has 0 saturated carbocycles. The fraction of sp³-hybridized carbons (Fsp3) is 0.211. The molecule has 2 rings (SSSR count). The normalized spacial score (nSPS) is 16.0. The van der Waals surface area contributed by atoms with E-state index in [4.69, 9.17) is 5.26 Å². The van der Waals surface area contributed by atoms with Crippen molar-refractivity contribution in [3.8, 4) is 12.1 Å². The summed E-state index contributed by atoms with van der Waals surface area (Å²) in [5.41, 5.74) is -4.38. The second-order valence-electron chi connectivity index (χ2n) is 7.05. The van der Waals surface area contributed by atoms with Crippen molar-refractivity contribution in [2.45, 2.75) is 30.0 Å². The van der Waals surface area contributed by atoms with Crippen molar-refractivity contribution in [1.29, 1.82) is 10.5 Å². The van der Waals surface area contributed by atoms with Gasteiger partial charge < -0.3 is 5.32 Å². The van der Waals surface area contributed by atoms with E-state index in [1.54, 1.807) is 12.1 Å². The number of nitrogens with zero attached hydrogens (tertiary/aromatic N) is 2. The Kier molecular flexibility index (Phi) is 5.53. The van der Waals surface area contributed by atoms with Crippen LogP contribution < -0.4 is 5.32 Å². The van der Waals surface area contributed by atoms with Crippen LogP contribution in [0.4, 0.5) is 32.6 Å². The van der Waals surface area contributed by atoms with Crippen molar-refractivity contribution in [2.24, 2.45) is 0 Å². The maximum Gasteiger partial charge on any atom is 0.416 e. The highest BCUT2D eigenvalue weighted by Gasteiger charge is 2.65. The summed E-state index contributed by atoms with van der Waals surface area (Å²) in [6, 6.07) is 6.73. The van der Waals surface area contributed by atoms with Crippen LogP contribution in [0.1, 0.15) is 34.0 Å². The largest absolute Gasteiger partial charge is 0.416 e. The fourth-order valence-electron chi connectivity index (χ4n) is 2.74. The van der Waals surface area contributed by atoms with Gasteiger partial charge in [0.05, 0.1) is 23.3 Å². The fourth-order valence-corrected chi connectivity index (χ4v) is 3.39. The average molecular weight is 483 g/mol. The van der Waals surface area contributed by atoms with Crippen LogP contribution in [0.3, 0.4) is 0 Å². The Labute approximate surface area is 176 Å². The van der Waals surface area contributed by atoms with Gasteiger partial charge in [0.25, 0.3) is 5.91 Å². The number of nitrogens with one attached hydrogen (secondary N) is 1. The van der Waals surface area contributed by atoms with Crippen molar-refractivity contribution in [3.63, 3.8) is 0 Å². The van der Waals surface area contributed by atoms with Gasteiger partial charge in [0, 0.05) is 12.0 Å². The molecule has 0 spiro atoms. The van der Waals surface area contributed by atoms with Gasteiger partial charge in [0.15, 0.2) is 0 Å². The lowest BCUT2D eigenvalue weighted by molar-refractivity contribution is -0.138. The zero-order valence-corrected chi connectivity index (χ0v) is 16.8. The molecule has 0 radical (unpaired) electrons. The van der Waals surface area contributed by atoms with E-state index in [-0.39, 0.29) is 17.7 Å². The molecule has 0 bridgehead atoms. The third-order valence-electron chi connectivity index (χ3n) is 4.29. The SMILES string of the molecule is CC(C#N)(Cc1ccc(C#N)cc1C(F)(F)F)NC(=O)c1ccc(S(F)(F)(F)(F)F)cc1. The van der Waals surface area contributed by atoms with Crippen LogP contribution in [0, 0.1) is 22.7 Å². The molecule has 0 aromatic heterocycles. The lowest BCUT2D eigenvalue weighted by Gasteiger charge is -2.40. The molecule has 0 fully saturated rings. The van der Waals surface area contributed by atoms with Crippen molar-refractivity contribution in [1.82, 2.24) is 5.32 Å². The molecule has 2 aromatic carbocycles. The van der Waals surface area contributed by atoms with E-state index in [1.807, 2.05) is 0 Å². The number of alkyl halides is 3. The molecule has 1 atom stereocenters. The lowest BCUT2D eigenvalue weighted by Crippen LogP contribution is -2.46. The highest BCUT2D eigenvalue weighted by Crippen LogP contribution is 3.02. The minimum absolute atomic E-state index is 0.00254. The Balaban J connectivity index is 2.33. The van der Waals surface area contributed by atoms with Gasteiger partial charge in [-0.3, -0.25) is 4.79 Å². The summed E-state index contributed by atoms with van der Waals surface area (Å²) in [6.45, 7) is 1.08. The van der Waals surface area contributed by atoms with E-state index < -0.39 is 55.9 Å². The molecule has 1 unspecified atom stereocenters. The van der Waals surface area contributed by atoms with Gasteiger partial charge in [-0.25, -0.2) is 0 Å². The third-order valence-corrected chi connectivity index (χ3v) is 5.45. The van der Waals surface area contributed by atoms with Gasteiger partial charge in [-0.2, -0.15) is 23.7 Å². The molecule has 2 aromatic rings. The molecule has 0 aliphatic rings. The first-order chi connectivity index (χ1) is 14.3. The van der Waals surface area contributed by atoms with Crippen molar-refractivity contribution < 1.29 is 37.4 Å². The number of amides is 1. The molecule has 13 heteroatoms. The van der Waals surface area contributed by atoms with Crippen LogP contribution >= 0.6 is 10.2 Å². The molecule has 0 aliphatic heterocycles. The highest BCUT2D eigenvalue weighted by molar-refractivity contribution is 8.45. The molecule has 0 saturated heterocycles. The number of halogens is 8. The number of carbonyl (C=O) groups excluding carboxylic acids is 1. The predicted molar refractivity (Wildman–Crippen MR) is 99.2 cm³/mol. The van der Waals surface area contributed by atoms with E-state index in [0.29, 0.717) is 18.2 Å². The number of hydrogen-bond acceptors (Lipinski definition) is 3. The number of carbonyl (C=O) groups is 1. The Hall–Kier alpha value is -3.32. The topological polar surface area (TPSA) is 76.7 Å². The van der Waals surface area contributed by atoms with E-state index in [9.17, 15) is 42.7 Å². The molecule has 0 heterocycles. The third kappa shape index (κ3) is 5.88. The van der Waals surface area contributed by atoms with Crippen molar-refractivity contribution >= 4 is 16.1 Å². The van der Waals surface area contributed by atoms with Crippen molar-refractivity contribution in [2.75, 3.05) is 0 Å². The lowest BCUT2D eigenvalue weighted by atomic mass is 9.90. The van der Waals surface area contributed by atoms with E-state index in [2.05, 4.69) is 5.32 Å². The maximum absolute atomic E-state index is 13.3. The zero-order chi connectivity index (χ0) is 24.7. The van der Waals surface area contributed by atoms with Gasteiger partial charge in [-0.05, 0) is 48.9 Å².